The van der Waals surface area contributed by atoms with Crippen LogP contribution in [0, 0.1) is 25.5 Å². The van der Waals surface area contributed by atoms with Crippen LogP contribution in [0.25, 0.3) is 0 Å². The lowest BCUT2D eigenvalue weighted by molar-refractivity contribution is 0.214. The van der Waals surface area contributed by atoms with E-state index in [1.807, 2.05) is 13.0 Å². The van der Waals surface area contributed by atoms with Gasteiger partial charge < -0.3 is 5.11 Å². The van der Waals surface area contributed by atoms with Crippen molar-refractivity contribution >= 4 is 15.9 Å². The monoisotopic (exact) mass is 326 g/mol. The molecule has 0 aliphatic carbocycles. The zero-order chi connectivity index (χ0) is 14.2. The van der Waals surface area contributed by atoms with Gasteiger partial charge in [0.25, 0.3) is 0 Å². The molecule has 0 spiro atoms. The first-order chi connectivity index (χ1) is 8.90. The van der Waals surface area contributed by atoms with Crippen molar-refractivity contribution in [2.75, 3.05) is 0 Å². The van der Waals surface area contributed by atoms with E-state index in [9.17, 15) is 13.9 Å². The lowest BCUT2D eigenvalue weighted by atomic mass is 9.96. The molecule has 0 radical (unpaired) electrons. The van der Waals surface area contributed by atoms with Crippen molar-refractivity contribution < 1.29 is 13.9 Å². The lowest BCUT2D eigenvalue weighted by Crippen LogP contribution is -2.06. The zero-order valence-electron chi connectivity index (χ0n) is 10.5. The quantitative estimate of drug-likeness (QED) is 0.865. The molecule has 2 aromatic carbocycles. The van der Waals surface area contributed by atoms with Crippen LogP contribution in [0.15, 0.2) is 34.8 Å². The van der Waals surface area contributed by atoms with Gasteiger partial charge in [-0.15, -0.1) is 0 Å². The first-order valence-electron chi connectivity index (χ1n) is 5.80. The van der Waals surface area contributed by atoms with Gasteiger partial charge in [-0.05, 0) is 48.7 Å². The van der Waals surface area contributed by atoms with Crippen LogP contribution in [0.5, 0.6) is 0 Å². The minimum atomic E-state index is -1.10. The van der Waals surface area contributed by atoms with Crippen molar-refractivity contribution in [3.8, 4) is 0 Å². The van der Waals surface area contributed by atoms with E-state index in [-0.39, 0.29) is 5.56 Å². The van der Waals surface area contributed by atoms with Crippen molar-refractivity contribution in [1.82, 2.24) is 0 Å². The summed E-state index contributed by atoms with van der Waals surface area (Å²) in [4.78, 5) is 0. The number of halogens is 3. The van der Waals surface area contributed by atoms with E-state index in [1.165, 1.54) is 6.07 Å². The first-order valence-corrected chi connectivity index (χ1v) is 6.59. The second kappa shape index (κ2) is 5.39. The molecule has 4 heteroatoms. The summed E-state index contributed by atoms with van der Waals surface area (Å²) in [6.45, 7) is 3.37. The third kappa shape index (κ3) is 2.85. The number of aliphatic hydroxyl groups excluding tert-OH is 1. The Balaban J connectivity index is 2.49. The van der Waals surface area contributed by atoms with Gasteiger partial charge in [0.15, 0.2) is 0 Å². The number of benzene rings is 2. The van der Waals surface area contributed by atoms with E-state index in [0.29, 0.717) is 11.1 Å². The van der Waals surface area contributed by atoms with Gasteiger partial charge in [0.1, 0.15) is 17.7 Å². The molecule has 1 nitrogen and oxygen atoms in total. The second-order valence-corrected chi connectivity index (χ2v) is 5.44. The predicted octanol–water partition coefficient (Wildman–Crippen LogP) is 4.43. The fraction of sp³-hybridized carbons (Fsp3) is 0.200. The number of rotatable bonds is 2. The highest BCUT2D eigenvalue weighted by Gasteiger charge is 2.18. The highest BCUT2D eigenvalue weighted by atomic mass is 79.9. The van der Waals surface area contributed by atoms with E-state index >= 15 is 0 Å². The molecule has 2 aromatic rings. The fourth-order valence-electron chi connectivity index (χ4n) is 2.00. The number of hydrogen-bond donors (Lipinski definition) is 1. The van der Waals surface area contributed by atoms with Crippen LogP contribution in [-0.4, -0.2) is 5.11 Å². The molecule has 0 saturated carbocycles. The van der Waals surface area contributed by atoms with E-state index < -0.39 is 17.7 Å². The summed E-state index contributed by atoms with van der Waals surface area (Å²) in [5, 5.41) is 10.3. The normalized spacial score (nSPS) is 12.5. The van der Waals surface area contributed by atoms with Crippen molar-refractivity contribution in [3.05, 3.63) is 68.7 Å². The van der Waals surface area contributed by atoms with Crippen molar-refractivity contribution in [2.45, 2.75) is 20.0 Å². The van der Waals surface area contributed by atoms with Gasteiger partial charge in [-0.1, -0.05) is 22.0 Å². The van der Waals surface area contributed by atoms with E-state index in [2.05, 4.69) is 15.9 Å². The first kappa shape index (κ1) is 14.2. The molecular weight excluding hydrogens is 314 g/mol. The summed E-state index contributed by atoms with van der Waals surface area (Å²) in [5.41, 5.74) is 1.84. The van der Waals surface area contributed by atoms with Crippen LogP contribution in [0.4, 0.5) is 8.78 Å². The molecule has 19 heavy (non-hydrogen) atoms. The van der Waals surface area contributed by atoms with Gasteiger partial charge in [-0.3, -0.25) is 0 Å². The number of aliphatic hydroxyl groups is 1. The minimum absolute atomic E-state index is 0.0873. The van der Waals surface area contributed by atoms with Gasteiger partial charge in [-0.25, -0.2) is 8.78 Å². The minimum Gasteiger partial charge on any atom is -0.384 e. The number of aryl methyl sites for hydroxylation is 2. The van der Waals surface area contributed by atoms with Crippen molar-refractivity contribution in [3.63, 3.8) is 0 Å². The molecule has 100 valence electrons. The summed E-state index contributed by atoms with van der Waals surface area (Å²) < 4.78 is 27.9. The van der Waals surface area contributed by atoms with E-state index in [0.717, 1.165) is 16.1 Å². The molecule has 2 rings (SSSR count). The molecule has 0 amide bonds. The SMILES string of the molecule is Cc1cc(C(O)c2ccc(Br)cc2C)c(F)cc1F. The summed E-state index contributed by atoms with van der Waals surface area (Å²) in [7, 11) is 0. The smallest absolute Gasteiger partial charge is 0.132 e. The molecule has 0 bridgehead atoms. The average Bonchev–Trinajstić information content (AvgIpc) is 2.33. The molecule has 0 fully saturated rings. The van der Waals surface area contributed by atoms with Gasteiger partial charge in [0.2, 0.25) is 0 Å². The maximum Gasteiger partial charge on any atom is 0.132 e. The molecule has 0 aromatic heterocycles. The molecular formula is C15H13BrF2O. The van der Waals surface area contributed by atoms with Crippen LogP contribution in [0.1, 0.15) is 28.4 Å². The van der Waals surface area contributed by atoms with Crippen LogP contribution in [-0.2, 0) is 0 Å². The second-order valence-electron chi connectivity index (χ2n) is 4.53. The van der Waals surface area contributed by atoms with Gasteiger partial charge in [0.05, 0.1) is 0 Å². The third-order valence-corrected chi connectivity index (χ3v) is 3.59. The van der Waals surface area contributed by atoms with Crippen LogP contribution < -0.4 is 0 Å². The number of hydrogen-bond acceptors (Lipinski definition) is 1. The molecule has 0 saturated heterocycles. The Kier molecular flexibility index (Phi) is 4.02. The van der Waals surface area contributed by atoms with E-state index in [4.69, 9.17) is 0 Å². The Morgan fingerprint density at radius 1 is 0.947 bits per heavy atom. The van der Waals surface area contributed by atoms with Crippen molar-refractivity contribution in [2.24, 2.45) is 0 Å². The van der Waals surface area contributed by atoms with Crippen LogP contribution >= 0.6 is 15.9 Å². The van der Waals surface area contributed by atoms with Gasteiger partial charge in [0, 0.05) is 16.1 Å². The summed E-state index contributed by atoms with van der Waals surface area (Å²) in [6, 6.07) is 7.49. The highest BCUT2D eigenvalue weighted by Crippen LogP contribution is 2.29. The topological polar surface area (TPSA) is 20.2 Å². The van der Waals surface area contributed by atoms with Crippen LogP contribution in [0.3, 0.4) is 0 Å². The molecule has 1 atom stereocenters. The summed E-state index contributed by atoms with van der Waals surface area (Å²) in [6.07, 6.45) is -1.10. The predicted molar refractivity (Wildman–Crippen MR) is 74.0 cm³/mol. The molecule has 1 N–H and O–H groups in total. The summed E-state index contributed by atoms with van der Waals surface area (Å²) in [5.74, 6) is -1.35. The Morgan fingerprint density at radius 3 is 2.26 bits per heavy atom. The maximum atomic E-state index is 13.8. The maximum absolute atomic E-state index is 13.8. The average molecular weight is 327 g/mol. The lowest BCUT2D eigenvalue weighted by Gasteiger charge is -2.16. The highest BCUT2D eigenvalue weighted by molar-refractivity contribution is 9.10. The molecule has 0 heterocycles. The largest absolute Gasteiger partial charge is 0.384 e. The van der Waals surface area contributed by atoms with Crippen molar-refractivity contribution in [1.29, 1.82) is 0 Å². The molecule has 1 unspecified atom stereocenters. The van der Waals surface area contributed by atoms with E-state index in [1.54, 1.807) is 19.1 Å². The fourth-order valence-corrected chi connectivity index (χ4v) is 2.48. The van der Waals surface area contributed by atoms with Gasteiger partial charge in [-0.2, -0.15) is 0 Å². The standard InChI is InChI=1S/C15H13BrF2O/c1-8-5-10(16)3-4-11(8)15(19)12-6-9(2)13(17)7-14(12)18/h3-7,15,19H,1-2H3. The third-order valence-electron chi connectivity index (χ3n) is 3.10. The Morgan fingerprint density at radius 2 is 1.63 bits per heavy atom. The molecule has 0 aliphatic rings. The Labute approximate surface area is 119 Å². The molecule has 0 aliphatic heterocycles. The summed E-state index contributed by atoms with van der Waals surface area (Å²) >= 11 is 3.33. The Hall–Kier alpha value is -1.26. The zero-order valence-corrected chi connectivity index (χ0v) is 12.1. The Bertz CT molecular complexity index is 626. The van der Waals surface area contributed by atoms with Crippen LogP contribution in [0.2, 0.25) is 0 Å². The van der Waals surface area contributed by atoms with Gasteiger partial charge >= 0.3 is 0 Å².